The Balaban J connectivity index is 1.56. The summed E-state index contributed by atoms with van der Waals surface area (Å²) in [5.41, 5.74) is 1.34. The summed E-state index contributed by atoms with van der Waals surface area (Å²) in [6.45, 7) is 0.796. The van der Waals surface area contributed by atoms with E-state index in [1.165, 1.54) is 4.90 Å². The number of nitrogens with zero attached hydrogens (tertiary/aromatic N) is 4. The maximum atomic E-state index is 12.6. The lowest BCUT2D eigenvalue weighted by atomic mass is 9.97. The van der Waals surface area contributed by atoms with Gasteiger partial charge in [0.25, 0.3) is 5.91 Å². The molecule has 2 amide bonds. The normalized spacial score (nSPS) is 14.8. The summed E-state index contributed by atoms with van der Waals surface area (Å²) in [7, 11) is 1.59. The largest absolute Gasteiger partial charge is 0.481 e. The molecule has 142 valence electrons. The van der Waals surface area contributed by atoms with Crippen LogP contribution in [0.15, 0.2) is 42.7 Å². The third kappa shape index (κ3) is 4.33. The molecule has 1 fully saturated rings. The monoisotopic (exact) mass is 370 g/mol. The number of carbonyl (C=O) groups excluding carboxylic acids is 2. The molecule has 0 aliphatic carbocycles. The number of hydrogen-bond acceptors (Lipinski definition) is 4. The van der Waals surface area contributed by atoms with Gasteiger partial charge in [0, 0.05) is 38.1 Å². The zero-order valence-electron chi connectivity index (χ0n) is 15.1. The van der Waals surface area contributed by atoms with E-state index < -0.39 is 5.97 Å². The Morgan fingerprint density at radius 2 is 1.85 bits per heavy atom. The number of likely N-dealkylation sites (tertiary alicyclic amines) is 1. The second kappa shape index (κ2) is 8.03. The van der Waals surface area contributed by atoms with Gasteiger partial charge in [-0.3, -0.25) is 14.4 Å². The van der Waals surface area contributed by atoms with E-state index in [-0.39, 0.29) is 24.3 Å². The van der Waals surface area contributed by atoms with Gasteiger partial charge >= 0.3 is 5.97 Å². The number of amides is 2. The number of likely N-dealkylation sites (N-methyl/N-ethyl adjacent to an activating group) is 1. The van der Waals surface area contributed by atoms with Crippen molar-refractivity contribution in [2.75, 3.05) is 26.7 Å². The summed E-state index contributed by atoms with van der Waals surface area (Å²) >= 11 is 0. The molecule has 1 saturated heterocycles. The standard InChI is InChI=1S/C19H22N4O4/c1-21(13-17(24)22-11-7-15(8-12-22)19(26)27)18(25)14-3-5-16(6-4-14)23-10-2-9-20-23/h2-6,9-10,15H,7-8,11-13H2,1H3,(H,26,27). The Morgan fingerprint density at radius 3 is 2.41 bits per heavy atom. The number of carboxylic acid groups (broad SMARTS) is 1. The second-order valence-electron chi connectivity index (χ2n) is 6.65. The van der Waals surface area contributed by atoms with E-state index in [1.807, 2.05) is 12.3 Å². The van der Waals surface area contributed by atoms with Crippen LogP contribution in [0.5, 0.6) is 0 Å². The molecule has 1 aliphatic heterocycles. The number of rotatable bonds is 5. The Morgan fingerprint density at radius 1 is 1.19 bits per heavy atom. The van der Waals surface area contributed by atoms with Crippen molar-refractivity contribution in [2.45, 2.75) is 12.8 Å². The molecule has 1 aliphatic rings. The van der Waals surface area contributed by atoms with Crippen molar-refractivity contribution in [3.8, 4) is 5.69 Å². The van der Waals surface area contributed by atoms with Crippen LogP contribution in [0.25, 0.3) is 5.69 Å². The van der Waals surface area contributed by atoms with Gasteiger partial charge in [0.1, 0.15) is 0 Å². The van der Waals surface area contributed by atoms with Crippen molar-refractivity contribution in [1.29, 1.82) is 0 Å². The summed E-state index contributed by atoms with van der Waals surface area (Å²) < 4.78 is 1.70. The lowest BCUT2D eigenvalue weighted by molar-refractivity contribution is -0.145. The first-order valence-electron chi connectivity index (χ1n) is 8.82. The Kier molecular flexibility index (Phi) is 5.54. The molecule has 1 aromatic carbocycles. The molecular weight excluding hydrogens is 348 g/mol. The van der Waals surface area contributed by atoms with Crippen molar-refractivity contribution in [3.05, 3.63) is 48.3 Å². The van der Waals surface area contributed by atoms with E-state index in [0.29, 0.717) is 31.5 Å². The molecule has 0 spiro atoms. The molecule has 0 atom stereocenters. The van der Waals surface area contributed by atoms with Gasteiger partial charge in [0.2, 0.25) is 5.91 Å². The molecule has 8 nitrogen and oxygen atoms in total. The highest BCUT2D eigenvalue weighted by molar-refractivity contribution is 5.96. The summed E-state index contributed by atoms with van der Waals surface area (Å²) in [5, 5.41) is 13.2. The molecule has 0 bridgehead atoms. The van der Waals surface area contributed by atoms with E-state index in [4.69, 9.17) is 5.11 Å². The van der Waals surface area contributed by atoms with Crippen LogP contribution in [0.2, 0.25) is 0 Å². The van der Waals surface area contributed by atoms with Crippen LogP contribution in [0, 0.1) is 5.92 Å². The van der Waals surface area contributed by atoms with Crippen LogP contribution < -0.4 is 0 Å². The average molecular weight is 370 g/mol. The highest BCUT2D eigenvalue weighted by Crippen LogP contribution is 2.17. The van der Waals surface area contributed by atoms with Crippen LogP contribution in [-0.2, 0) is 9.59 Å². The van der Waals surface area contributed by atoms with Gasteiger partial charge in [-0.25, -0.2) is 4.68 Å². The lowest BCUT2D eigenvalue weighted by Gasteiger charge is -2.31. The SMILES string of the molecule is CN(CC(=O)N1CCC(C(=O)O)CC1)C(=O)c1ccc(-n2cccn2)cc1. The molecule has 1 N–H and O–H groups in total. The zero-order chi connectivity index (χ0) is 19.4. The fourth-order valence-corrected chi connectivity index (χ4v) is 3.15. The molecule has 0 saturated carbocycles. The Labute approximate surface area is 157 Å². The number of aliphatic carboxylic acids is 1. The topological polar surface area (TPSA) is 95.7 Å². The summed E-state index contributed by atoms with van der Waals surface area (Å²) in [5.74, 6) is -1.60. The Bertz CT molecular complexity index is 809. The lowest BCUT2D eigenvalue weighted by Crippen LogP contribution is -2.45. The molecule has 2 aromatic rings. The van der Waals surface area contributed by atoms with Gasteiger partial charge in [0.15, 0.2) is 0 Å². The van der Waals surface area contributed by atoms with E-state index in [1.54, 1.807) is 47.1 Å². The number of benzene rings is 1. The van der Waals surface area contributed by atoms with Crippen LogP contribution in [0.4, 0.5) is 0 Å². The molecule has 8 heteroatoms. The minimum absolute atomic E-state index is 0.0303. The van der Waals surface area contributed by atoms with Crippen molar-refractivity contribution >= 4 is 17.8 Å². The second-order valence-corrected chi connectivity index (χ2v) is 6.65. The molecule has 27 heavy (non-hydrogen) atoms. The van der Waals surface area contributed by atoms with Crippen molar-refractivity contribution in [3.63, 3.8) is 0 Å². The third-order valence-electron chi connectivity index (χ3n) is 4.80. The quantitative estimate of drug-likeness (QED) is 0.855. The molecule has 0 unspecified atom stereocenters. The number of aromatic nitrogens is 2. The molecule has 0 radical (unpaired) electrons. The van der Waals surface area contributed by atoms with Gasteiger partial charge in [-0.05, 0) is 43.2 Å². The molecular formula is C19H22N4O4. The maximum Gasteiger partial charge on any atom is 0.306 e. The van der Waals surface area contributed by atoms with E-state index in [2.05, 4.69) is 5.10 Å². The maximum absolute atomic E-state index is 12.6. The van der Waals surface area contributed by atoms with Crippen LogP contribution in [-0.4, -0.2) is 69.2 Å². The number of hydrogen-bond donors (Lipinski definition) is 1. The first-order chi connectivity index (χ1) is 13.0. The van der Waals surface area contributed by atoms with Gasteiger partial charge in [-0.15, -0.1) is 0 Å². The predicted octanol–water partition coefficient (Wildman–Crippen LogP) is 1.27. The van der Waals surface area contributed by atoms with Gasteiger partial charge in [0.05, 0.1) is 18.2 Å². The Hall–Kier alpha value is -3.16. The summed E-state index contributed by atoms with van der Waals surface area (Å²) in [6.07, 6.45) is 4.40. The molecule has 2 heterocycles. The van der Waals surface area contributed by atoms with E-state index >= 15 is 0 Å². The highest BCUT2D eigenvalue weighted by atomic mass is 16.4. The fourth-order valence-electron chi connectivity index (χ4n) is 3.15. The van der Waals surface area contributed by atoms with Crippen LogP contribution in [0.3, 0.4) is 0 Å². The van der Waals surface area contributed by atoms with Crippen molar-refractivity contribution < 1.29 is 19.5 Å². The number of piperidine rings is 1. The number of carboxylic acids is 1. The minimum Gasteiger partial charge on any atom is -0.481 e. The van der Waals surface area contributed by atoms with Gasteiger partial charge in [-0.2, -0.15) is 5.10 Å². The first kappa shape index (κ1) is 18.6. The van der Waals surface area contributed by atoms with Crippen LogP contribution in [0.1, 0.15) is 23.2 Å². The average Bonchev–Trinajstić information content (AvgIpc) is 3.22. The molecule has 3 rings (SSSR count). The summed E-state index contributed by atoms with van der Waals surface area (Å²) in [6, 6.07) is 8.83. The highest BCUT2D eigenvalue weighted by Gasteiger charge is 2.28. The smallest absolute Gasteiger partial charge is 0.306 e. The summed E-state index contributed by atoms with van der Waals surface area (Å²) in [4.78, 5) is 39.0. The van der Waals surface area contributed by atoms with Crippen LogP contribution >= 0.6 is 0 Å². The van der Waals surface area contributed by atoms with Crippen molar-refractivity contribution in [2.24, 2.45) is 5.92 Å². The third-order valence-corrected chi connectivity index (χ3v) is 4.80. The zero-order valence-corrected chi connectivity index (χ0v) is 15.1. The van der Waals surface area contributed by atoms with E-state index in [0.717, 1.165) is 5.69 Å². The first-order valence-corrected chi connectivity index (χ1v) is 8.82. The fraction of sp³-hybridized carbons (Fsp3) is 0.368. The number of carbonyl (C=O) groups is 3. The van der Waals surface area contributed by atoms with E-state index in [9.17, 15) is 14.4 Å². The molecule has 1 aromatic heterocycles. The minimum atomic E-state index is -0.812. The van der Waals surface area contributed by atoms with Gasteiger partial charge < -0.3 is 14.9 Å². The van der Waals surface area contributed by atoms with Gasteiger partial charge in [-0.1, -0.05) is 0 Å². The predicted molar refractivity (Wildman–Crippen MR) is 97.5 cm³/mol. The van der Waals surface area contributed by atoms with Crippen molar-refractivity contribution in [1.82, 2.24) is 19.6 Å².